The highest BCUT2D eigenvalue weighted by atomic mass is 32.3. The van der Waals surface area contributed by atoms with Crippen molar-refractivity contribution in [3.05, 3.63) is 4.91 Å². The standard InChI is InChI=1S/C13H16F9NO4S/c1-2-10(14,15)12(19,20)13(21,22)28(27-23-25)5-3-8(4-6-28)9(24)26-7-11(16,17)18/h8H,2-7H2,1H3. The van der Waals surface area contributed by atoms with E-state index >= 15 is 0 Å². The third-order valence-corrected chi connectivity index (χ3v) is 7.54. The second-order valence-corrected chi connectivity index (χ2v) is 9.12. The third-order valence-electron chi connectivity index (χ3n) is 4.21. The summed E-state index contributed by atoms with van der Waals surface area (Å²) in [6.07, 6.45) is -7.94. The predicted octanol–water partition coefficient (Wildman–Crippen LogP) is 5.19. The molecule has 0 amide bonds. The fraction of sp³-hybridized carbons (Fsp3) is 0.923. The molecule has 28 heavy (non-hydrogen) atoms. The Morgan fingerprint density at radius 2 is 1.54 bits per heavy atom. The fourth-order valence-corrected chi connectivity index (χ4v) is 5.55. The van der Waals surface area contributed by atoms with Crippen LogP contribution in [0.3, 0.4) is 0 Å². The van der Waals surface area contributed by atoms with Crippen molar-refractivity contribution in [3.8, 4) is 0 Å². The molecule has 166 valence electrons. The van der Waals surface area contributed by atoms with Gasteiger partial charge in [-0.1, -0.05) is 6.92 Å². The number of halogens is 9. The van der Waals surface area contributed by atoms with Crippen LogP contribution in [0.1, 0.15) is 26.2 Å². The van der Waals surface area contributed by atoms with Gasteiger partial charge in [0.2, 0.25) is 0 Å². The molecule has 0 aromatic rings. The maximum atomic E-state index is 14.5. The van der Waals surface area contributed by atoms with Crippen LogP contribution in [0.2, 0.25) is 0 Å². The molecule has 1 aliphatic heterocycles. The van der Waals surface area contributed by atoms with Crippen molar-refractivity contribution in [2.45, 2.75) is 49.5 Å². The van der Waals surface area contributed by atoms with E-state index in [4.69, 9.17) is 0 Å². The van der Waals surface area contributed by atoms with Gasteiger partial charge in [0, 0.05) is 28.2 Å². The van der Waals surface area contributed by atoms with E-state index in [9.17, 15) is 49.2 Å². The number of carbonyl (C=O) groups excluding carboxylic acids is 1. The lowest BCUT2D eigenvalue weighted by molar-refractivity contribution is -0.280. The average Bonchev–Trinajstić information content (AvgIpc) is 2.59. The normalized spacial score (nSPS) is 26.9. The number of rotatable bonds is 8. The van der Waals surface area contributed by atoms with Gasteiger partial charge in [0.15, 0.2) is 11.9 Å². The van der Waals surface area contributed by atoms with Crippen LogP contribution >= 0.6 is 10.3 Å². The summed E-state index contributed by atoms with van der Waals surface area (Å²) in [5.74, 6) is -16.1. The van der Waals surface area contributed by atoms with Crippen molar-refractivity contribution in [3.63, 3.8) is 0 Å². The molecule has 0 aromatic carbocycles. The molecular formula is C13H16F9NO4S. The maximum absolute atomic E-state index is 14.5. The van der Waals surface area contributed by atoms with Crippen LogP contribution in [0.5, 0.6) is 0 Å². The summed E-state index contributed by atoms with van der Waals surface area (Å²) < 4.78 is 128. The van der Waals surface area contributed by atoms with Gasteiger partial charge in [-0.3, -0.25) is 4.79 Å². The van der Waals surface area contributed by atoms with Crippen molar-refractivity contribution < 1.29 is 53.3 Å². The number of nitrogens with zero attached hydrogens (tertiary/aromatic N) is 1. The maximum Gasteiger partial charge on any atom is 0.422 e. The predicted molar refractivity (Wildman–Crippen MR) is 79.1 cm³/mol. The SMILES string of the molecule is CCC(F)(F)C(F)(F)C(F)(F)S1(ON=O)CCC(C(=O)OCC(F)(F)F)CC1. The molecule has 1 aliphatic rings. The number of hydrogen-bond donors (Lipinski definition) is 0. The summed E-state index contributed by atoms with van der Waals surface area (Å²) >= 11 is 0. The van der Waals surface area contributed by atoms with E-state index in [0.29, 0.717) is 6.92 Å². The van der Waals surface area contributed by atoms with Gasteiger partial charge in [-0.15, -0.1) is 4.91 Å². The fourth-order valence-electron chi connectivity index (χ4n) is 2.52. The van der Waals surface area contributed by atoms with Crippen molar-refractivity contribution in [1.82, 2.24) is 0 Å². The van der Waals surface area contributed by atoms with Gasteiger partial charge < -0.3 is 9.02 Å². The van der Waals surface area contributed by atoms with Crippen molar-refractivity contribution >= 4 is 16.3 Å². The van der Waals surface area contributed by atoms with Gasteiger partial charge in [0.1, 0.15) is 0 Å². The number of esters is 1. The van der Waals surface area contributed by atoms with Crippen LogP contribution in [0.4, 0.5) is 39.5 Å². The molecule has 15 heteroatoms. The Kier molecular flexibility index (Phi) is 7.16. The van der Waals surface area contributed by atoms with Gasteiger partial charge in [0.05, 0.1) is 5.92 Å². The van der Waals surface area contributed by atoms with Crippen LogP contribution in [-0.2, 0) is 13.8 Å². The quantitative estimate of drug-likeness (QED) is 0.220. The van der Waals surface area contributed by atoms with E-state index in [0.717, 1.165) is 0 Å². The van der Waals surface area contributed by atoms with E-state index in [-0.39, 0.29) is 0 Å². The monoisotopic (exact) mass is 453 g/mol. The van der Waals surface area contributed by atoms with Crippen LogP contribution in [-0.4, -0.2) is 47.4 Å². The van der Waals surface area contributed by atoms with Crippen LogP contribution < -0.4 is 0 Å². The topological polar surface area (TPSA) is 65.0 Å². The largest absolute Gasteiger partial charge is 0.456 e. The molecule has 5 nitrogen and oxygen atoms in total. The first-order valence-electron chi connectivity index (χ1n) is 7.73. The van der Waals surface area contributed by atoms with Crippen molar-refractivity contribution in [2.24, 2.45) is 11.3 Å². The molecule has 0 unspecified atom stereocenters. The Balaban J connectivity index is 3.03. The van der Waals surface area contributed by atoms with Gasteiger partial charge in [-0.25, -0.2) is 0 Å². The zero-order chi connectivity index (χ0) is 22.0. The van der Waals surface area contributed by atoms with Gasteiger partial charge in [-0.2, -0.15) is 39.5 Å². The molecule has 1 saturated heterocycles. The van der Waals surface area contributed by atoms with Crippen molar-refractivity contribution in [2.75, 3.05) is 18.1 Å². The van der Waals surface area contributed by atoms with E-state index in [1.165, 1.54) is 0 Å². The summed E-state index contributed by atoms with van der Waals surface area (Å²) in [4.78, 5) is 21.9. The zero-order valence-corrected chi connectivity index (χ0v) is 15.0. The lowest BCUT2D eigenvalue weighted by Gasteiger charge is -2.48. The molecule has 0 N–H and O–H groups in total. The number of ether oxygens (including phenoxy) is 1. The first-order chi connectivity index (χ1) is 12.6. The van der Waals surface area contributed by atoms with Crippen molar-refractivity contribution in [1.29, 1.82) is 0 Å². The molecule has 0 saturated carbocycles. The van der Waals surface area contributed by atoms with Gasteiger partial charge in [-0.05, 0) is 12.8 Å². The van der Waals surface area contributed by atoms with Gasteiger partial charge >= 0.3 is 29.2 Å². The van der Waals surface area contributed by atoms with E-state index in [2.05, 4.69) is 9.02 Å². The highest BCUT2D eigenvalue weighted by molar-refractivity contribution is 8.30. The lowest BCUT2D eigenvalue weighted by Crippen LogP contribution is -2.57. The summed E-state index contributed by atoms with van der Waals surface area (Å²) in [5, 5.41) is -3.77. The molecule has 0 aliphatic carbocycles. The lowest BCUT2D eigenvalue weighted by atomic mass is 10.0. The Hall–Kier alpha value is -1.41. The Morgan fingerprint density at radius 1 is 1.04 bits per heavy atom. The number of hydrogen-bond acceptors (Lipinski definition) is 5. The molecule has 0 spiro atoms. The third kappa shape index (κ3) is 4.59. The molecule has 1 rings (SSSR count). The highest BCUT2D eigenvalue weighted by Gasteiger charge is 2.77. The minimum Gasteiger partial charge on any atom is -0.456 e. The first-order valence-corrected chi connectivity index (χ1v) is 9.63. The minimum atomic E-state index is -5.89. The summed E-state index contributed by atoms with van der Waals surface area (Å²) in [7, 11) is -4.56. The minimum absolute atomic E-state index is 0.554. The van der Waals surface area contributed by atoms with Crippen LogP contribution in [0.25, 0.3) is 0 Å². The molecule has 1 heterocycles. The summed E-state index contributed by atoms with van der Waals surface area (Å²) in [5.41, 5.74) is 0. The zero-order valence-electron chi connectivity index (χ0n) is 14.2. The Bertz CT molecular complexity index is 577. The van der Waals surface area contributed by atoms with E-state index < -0.39 is 82.8 Å². The van der Waals surface area contributed by atoms with E-state index in [1.54, 1.807) is 5.34 Å². The second-order valence-electron chi connectivity index (χ2n) is 6.02. The van der Waals surface area contributed by atoms with Crippen LogP contribution in [0.15, 0.2) is 5.34 Å². The Morgan fingerprint density at radius 3 is 1.93 bits per heavy atom. The molecule has 0 aromatic heterocycles. The summed E-state index contributed by atoms with van der Waals surface area (Å²) in [6, 6.07) is 0. The molecule has 0 atom stereocenters. The summed E-state index contributed by atoms with van der Waals surface area (Å²) in [6.45, 7) is -1.39. The van der Waals surface area contributed by atoms with Gasteiger partial charge in [0.25, 0.3) is 0 Å². The molecule has 0 radical (unpaired) electrons. The molecule has 1 fully saturated rings. The Labute approximate surface area is 154 Å². The highest BCUT2D eigenvalue weighted by Crippen LogP contribution is 2.71. The smallest absolute Gasteiger partial charge is 0.422 e. The first kappa shape index (κ1) is 24.6. The molecular weight excluding hydrogens is 437 g/mol. The van der Waals surface area contributed by atoms with Crippen LogP contribution in [0, 0.1) is 10.8 Å². The number of carbonyl (C=O) groups is 1. The molecule has 0 bridgehead atoms. The number of alkyl halides is 9. The van der Waals surface area contributed by atoms with E-state index in [1.807, 2.05) is 0 Å². The average molecular weight is 453 g/mol. The second kappa shape index (κ2) is 8.14.